The number of hydrogen-bond acceptors (Lipinski definition) is 5. The molecule has 2 fully saturated rings. The normalized spacial score (nSPS) is 22.5. The van der Waals surface area contributed by atoms with Gasteiger partial charge in [0.15, 0.2) is 9.84 Å². The molecule has 0 spiro atoms. The van der Waals surface area contributed by atoms with Gasteiger partial charge in [-0.2, -0.15) is 5.10 Å². The van der Waals surface area contributed by atoms with Crippen LogP contribution >= 0.6 is 0 Å². The van der Waals surface area contributed by atoms with E-state index < -0.39 is 15.9 Å². The minimum Gasteiger partial charge on any atom is -0.324 e. The average molecular weight is 388 g/mol. The molecule has 2 atom stereocenters. The first kappa shape index (κ1) is 18.2. The van der Waals surface area contributed by atoms with Gasteiger partial charge in [-0.3, -0.25) is 4.79 Å². The Morgan fingerprint density at radius 1 is 1.26 bits per heavy atom. The van der Waals surface area contributed by atoms with Crippen LogP contribution < -0.4 is 11.1 Å². The number of carbonyl (C=O) groups excluding carboxylic acids is 1. The van der Waals surface area contributed by atoms with Gasteiger partial charge in [0.25, 0.3) is 0 Å². The van der Waals surface area contributed by atoms with Crippen molar-refractivity contribution < 1.29 is 13.2 Å². The fraction of sp³-hybridized carbons (Fsp3) is 0.474. The molecule has 27 heavy (non-hydrogen) atoms. The number of nitrogens with two attached hydrogens (primary N) is 1. The maximum atomic E-state index is 12.5. The highest BCUT2D eigenvalue weighted by atomic mass is 32.2. The fourth-order valence-electron chi connectivity index (χ4n) is 3.54. The molecule has 8 heteroatoms. The van der Waals surface area contributed by atoms with E-state index in [9.17, 15) is 13.2 Å². The summed E-state index contributed by atoms with van der Waals surface area (Å²) >= 11 is 0. The van der Waals surface area contributed by atoms with Crippen LogP contribution in [-0.2, 0) is 14.6 Å². The van der Waals surface area contributed by atoms with E-state index in [0.29, 0.717) is 18.2 Å². The Balaban J connectivity index is 1.50. The monoisotopic (exact) mass is 388 g/mol. The molecule has 2 heterocycles. The average Bonchev–Trinajstić information content (AvgIpc) is 3.31. The van der Waals surface area contributed by atoms with E-state index in [1.807, 2.05) is 36.4 Å². The van der Waals surface area contributed by atoms with Crippen molar-refractivity contribution >= 4 is 21.6 Å². The van der Waals surface area contributed by atoms with E-state index in [2.05, 4.69) is 10.4 Å². The molecule has 1 aromatic heterocycles. The minimum absolute atomic E-state index is 0.0746. The van der Waals surface area contributed by atoms with Gasteiger partial charge in [0.2, 0.25) is 5.91 Å². The third-order valence-corrected chi connectivity index (χ3v) is 6.96. The third kappa shape index (κ3) is 4.22. The Morgan fingerprint density at radius 3 is 2.63 bits per heavy atom. The molecule has 2 aliphatic rings. The van der Waals surface area contributed by atoms with E-state index in [-0.39, 0.29) is 29.9 Å². The number of nitrogens with zero attached hydrogens (tertiary/aromatic N) is 2. The molecule has 1 aromatic carbocycles. The Bertz CT molecular complexity index is 935. The number of rotatable bonds is 6. The highest BCUT2D eigenvalue weighted by Gasteiger charge is 2.34. The highest BCUT2D eigenvalue weighted by molar-refractivity contribution is 7.91. The lowest BCUT2D eigenvalue weighted by Gasteiger charge is -2.15. The molecule has 2 aromatic rings. The molecule has 7 nitrogen and oxygen atoms in total. The summed E-state index contributed by atoms with van der Waals surface area (Å²) in [6.45, 7) is 0. The Labute approximate surface area is 158 Å². The van der Waals surface area contributed by atoms with Crippen molar-refractivity contribution in [2.24, 2.45) is 5.73 Å². The molecule has 2 unspecified atom stereocenters. The van der Waals surface area contributed by atoms with E-state index in [1.54, 1.807) is 4.68 Å². The fourth-order valence-corrected chi connectivity index (χ4v) is 5.24. The molecular weight excluding hydrogens is 364 g/mol. The van der Waals surface area contributed by atoms with Gasteiger partial charge >= 0.3 is 0 Å². The van der Waals surface area contributed by atoms with Crippen LogP contribution in [0.15, 0.2) is 36.4 Å². The first-order valence-electron chi connectivity index (χ1n) is 9.31. The number of carbonyl (C=O) groups is 1. The number of hydrogen-bond donors (Lipinski definition) is 2. The highest BCUT2D eigenvalue weighted by Crippen LogP contribution is 2.41. The smallest absolute Gasteiger partial charge is 0.227 e. The summed E-state index contributed by atoms with van der Waals surface area (Å²) in [5, 5.41) is 7.52. The van der Waals surface area contributed by atoms with Crippen LogP contribution in [0.3, 0.4) is 0 Å². The van der Waals surface area contributed by atoms with Crippen LogP contribution in [0.5, 0.6) is 0 Å². The van der Waals surface area contributed by atoms with Gasteiger partial charge in [-0.25, -0.2) is 13.1 Å². The van der Waals surface area contributed by atoms with Gasteiger partial charge in [-0.15, -0.1) is 0 Å². The van der Waals surface area contributed by atoms with E-state index in [1.165, 1.54) is 0 Å². The van der Waals surface area contributed by atoms with Crippen LogP contribution in [0, 0.1) is 0 Å². The lowest BCUT2D eigenvalue weighted by molar-refractivity contribution is -0.116. The number of benzene rings is 1. The van der Waals surface area contributed by atoms with Gasteiger partial charge in [0, 0.05) is 24.4 Å². The van der Waals surface area contributed by atoms with Crippen molar-refractivity contribution in [3.8, 4) is 0 Å². The van der Waals surface area contributed by atoms with Crippen LogP contribution in [0.25, 0.3) is 0 Å². The summed E-state index contributed by atoms with van der Waals surface area (Å²) in [6, 6.07) is 10.8. The molecule has 1 aliphatic carbocycles. The Hall–Kier alpha value is -2.19. The summed E-state index contributed by atoms with van der Waals surface area (Å²) in [4.78, 5) is 12.5. The first-order valence-corrected chi connectivity index (χ1v) is 11.1. The predicted octanol–water partition coefficient (Wildman–Crippen LogP) is 2.15. The largest absolute Gasteiger partial charge is 0.324 e. The Kier molecular flexibility index (Phi) is 4.77. The molecule has 0 radical (unpaired) electrons. The van der Waals surface area contributed by atoms with E-state index in [0.717, 1.165) is 24.1 Å². The SMILES string of the molecule is NC(CC(=O)Nc1cc(C2CC2)nn1C1CCS(=O)(=O)C1)c1ccccc1. The second kappa shape index (κ2) is 7.09. The van der Waals surface area contributed by atoms with Crippen molar-refractivity contribution in [3.05, 3.63) is 47.7 Å². The second-order valence-electron chi connectivity index (χ2n) is 7.50. The summed E-state index contributed by atoms with van der Waals surface area (Å²) in [6.07, 6.45) is 2.86. The van der Waals surface area contributed by atoms with Crippen LogP contribution in [0.4, 0.5) is 5.82 Å². The summed E-state index contributed by atoms with van der Waals surface area (Å²) < 4.78 is 25.4. The van der Waals surface area contributed by atoms with Crippen molar-refractivity contribution in [1.29, 1.82) is 0 Å². The maximum Gasteiger partial charge on any atom is 0.227 e. The quantitative estimate of drug-likeness (QED) is 0.788. The van der Waals surface area contributed by atoms with Gasteiger partial charge < -0.3 is 11.1 Å². The van der Waals surface area contributed by atoms with Crippen molar-refractivity contribution in [2.45, 2.75) is 43.7 Å². The second-order valence-corrected chi connectivity index (χ2v) is 9.73. The number of anilines is 1. The summed E-state index contributed by atoms with van der Waals surface area (Å²) in [7, 11) is -3.03. The number of nitrogens with one attached hydrogen (secondary N) is 1. The number of amides is 1. The maximum absolute atomic E-state index is 12.5. The zero-order chi connectivity index (χ0) is 19.0. The lowest BCUT2D eigenvalue weighted by Crippen LogP contribution is -2.23. The van der Waals surface area contributed by atoms with Crippen LogP contribution in [-0.4, -0.2) is 35.6 Å². The topological polar surface area (TPSA) is 107 Å². The van der Waals surface area contributed by atoms with E-state index in [4.69, 9.17) is 5.73 Å². The standard InChI is InChI=1S/C19H24N4O3S/c20-16(13-4-2-1-3-5-13)10-19(24)21-18-11-17(14-6-7-14)22-23(18)15-8-9-27(25,26)12-15/h1-5,11,14-16H,6-10,12,20H2,(H,21,24). The molecule has 144 valence electrons. The van der Waals surface area contributed by atoms with Gasteiger partial charge in [-0.1, -0.05) is 30.3 Å². The van der Waals surface area contributed by atoms with Crippen molar-refractivity contribution in [3.63, 3.8) is 0 Å². The van der Waals surface area contributed by atoms with Crippen molar-refractivity contribution in [2.75, 3.05) is 16.8 Å². The first-order chi connectivity index (χ1) is 12.9. The molecule has 1 saturated carbocycles. The number of aromatic nitrogens is 2. The molecule has 4 rings (SSSR count). The summed E-state index contributed by atoms with van der Waals surface area (Å²) in [5.74, 6) is 1.04. The van der Waals surface area contributed by atoms with Crippen LogP contribution in [0.2, 0.25) is 0 Å². The zero-order valence-corrected chi connectivity index (χ0v) is 15.9. The predicted molar refractivity (Wildman–Crippen MR) is 103 cm³/mol. The van der Waals surface area contributed by atoms with Gasteiger partial charge in [0.05, 0.1) is 23.2 Å². The van der Waals surface area contributed by atoms with Gasteiger partial charge in [0.1, 0.15) is 5.82 Å². The molecule has 3 N–H and O–H groups in total. The lowest BCUT2D eigenvalue weighted by atomic mass is 10.0. The molecule has 1 aliphatic heterocycles. The number of sulfone groups is 1. The molecule has 1 saturated heterocycles. The molecule has 1 amide bonds. The van der Waals surface area contributed by atoms with Crippen LogP contribution in [0.1, 0.15) is 54.9 Å². The van der Waals surface area contributed by atoms with Crippen molar-refractivity contribution in [1.82, 2.24) is 9.78 Å². The zero-order valence-electron chi connectivity index (χ0n) is 15.0. The summed E-state index contributed by atoms with van der Waals surface area (Å²) in [5.41, 5.74) is 7.98. The molecular formula is C19H24N4O3S. The van der Waals surface area contributed by atoms with Gasteiger partial charge in [-0.05, 0) is 24.8 Å². The molecule has 0 bridgehead atoms. The third-order valence-electron chi connectivity index (χ3n) is 5.21. The Morgan fingerprint density at radius 2 is 2.00 bits per heavy atom. The van der Waals surface area contributed by atoms with E-state index >= 15 is 0 Å². The minimum atomic E-state index is -3.03.